The summed E-state index contributed by atoms with van der Waals surface area (Å²) in [6.45, 7) is 2.52. The molecule has 1 amide bonds. The van der Waals surface area contributed by atoms with Gasteiger partial charge in [0.2, 0.25) is 0 Å². The van der Waals surface area contributed by atoms with E-state index in [1.54, 1.807) is 0 Å². The first-order valence-corrected chi connectivity index (χ1v) is 9.03. The van der Waals surface area contributed by atoms with Gasteiger partial charge in [0, 0.05) is 6.07 Å². The number of nitrogens with two attached hydrogens (primary N) is 1. The van der Waals surface area contributed by atoms with E-state index in [1.807, 2.05) is 0 Å². The highest BCUT2D eigenvalue weighted by Crippen LogP contribution is 2.41. The molecule has 0 bridgehead atoms. The predicted molar refractivity (Wildman–Crippen MR) is 80.9 cm³/mol. The van der Waals surface area contributed by atoms with Crippen molar-refractivity contribution in [1.29, 1.82) is 0 Å². The Bertz CT molecular complexity index is 670. The van der Waals surface area contributed by atoms with Crippen LogP contribution >= 0.6 is 7.82 Å². The maximum atomic E-state index is 11.6. The number of amides is 1. The molecule has 1 fully saturated rings. The topological polar surface area (TPSA) is 155 Å². The zero-order valence-corrected chi connectivity index (χ0v) is 14.6. The van der Waals surface area contributed by atoms with Gasteiger partial charge in [-0.25, -0.2) is 0 Å². The van der Waals surface area contributed by atoms with Crippen molar-refractivity contribution in [1.82, 2.24) is 0 Å². The van der Waals surface area contributed by atoms with Gasteiger partial charge in [-0.3, -0.25) is 9.36 Å². The third-order valence-corrected chi connectivity index (χ3v) is 4.62. The number of aromatic nitrogens is 1. The van der Waals surface area contributed by atoms with E-state index in [1.165, 1.54) is 42.9 Å². The van der Waals surface area contributed by atoms with E-state index in [0.29, 0.717) is 0 Å². The number of primary amides is 1. The van der Waals surface area contributed by atoms with Crippen molar-refractivity contribution in [2.75, 3.05) is 6.61 Å². The Balaban J connectivity index is 2.07. The second-order valence-corrected chi connectivity index (χ2v) is 7.21. The molecule has 0 saturated carbocycles. The maximum Gasteiger partial charge on any atom is 0.292 e. The van der Waals surface area contributed by atoms with E-state index >= 15 is 0 Å². The van der Waals surface area contributed by atoms with Gasteiger partial charge in [0.15, 0.2) is 18.5 Å². The third-order valence-electron chi connectivity index (χ3n) is 3.47. The summed E-state index contributed by atoms with van der Waals surface area (Å²) < 4.78 is 27.7. The highest BCUT2D eigenvalue weighted by Gasteiger charge is 2.48. The molecule has 10 nitrogen and oxygen atoms in total. The van der Waals surface area contributed by atoms with Gasteiger partial charge in [-0.05, 0) is 19.9 Å². The average molecular weight is 376 g/mol. The molecular formula is C14H21N2O8P. The van der Waals surface area contributed by atoms with Crippen molar-refractivity contribution in [3.63, 3.8) is 0 Å². The van der Waals surface area contributed by atoms with Crippen molar-refractivity contribution in [2.24, 2.45) is 5.73 Å². The maximum absolute atomic E-state index is 11.6. The van der Waals surface area contributed by atoms with Crippen LogP contribution in [0.5, 0.6) is 0 Å². The van der Waals surface area contributed by atoms with Gasteiger partial charge in [-0.2, -0.15) is 4.57 Å². The normalized spacial score (nSPS) is 28.9. The van der Waals surface area contributed by atoms with Crippen LogP contribution in [0.25, 0.3) is 0 Å². The monoisotopic (exact) mass is 376 g/mol. The lowest BCUT2D eigenvalue weighted by atomic mass is 10.1. The molecule has 1 aliphatic heterocycles. The molecule has 2 rings (SSSR count). The third kappa shape index (κ3) is 5.05. The number of phosphoric acid groups is 1. The summed E-state index contributed by atoms with van der Waals surface area (Å²) in [4.78, 5) is 22.8. The highest BCUT2D eigenvalue weighted by molar-refractivity contribution is 7.45. The first-order chi connectivity index (χ1) is 11.6. The number of phosphoric ester groups is 1. The summed E-state index contributed by atoms with van der Waals surface area (Å²) in [7, 11) is -4.55. The quantitative estimate of drug-likeness (QED) is 0.388. The van der Waals surface area contributed by atoms with Crippen LogP contribution in [0.2, 0.25) is 0 Å². The average Bonchev–Trinajstić information content (AvgIpc) is 2.80. The summed E-state index contributed by atoms with van der Waals surface area (Å²) in [5.41, 5.74) is 5.38. The van der Waals surface area contributed by atoms with Gasteiger partial charge >= 0.3 is 0 Å². The first-order valence-electron chi connectivity index (χ1n) is 7.57. The minimum absolute atomic E-state index is 0.182. The number of hydrogen-bond donors (Lipinski definition) is 3. The number of hydrogen-bond acceptors (Lipinski definition) is 8. The summed E-state index contributed by atoms with van der Waals surface area (Å²) in [5.74, 6) is -0.666. The lowest BCUT2D eigenvalue weighted by Gasteiger charge is -2.26. The second kappa shape index (κ2) is 7.88. The lowest BCUT2D eigenvalue weighted by Crippen LogP contribution is -2.46. The largest absolute Gasteiger partial charge is 0.756 e. The number of pyridine rings is 1. The minimum Gasteiger partial charge on any atom is -0.756 e. The van der Waals surface area contributed by atoms with Crippen molar-refractivity contribution >= 4 is 13.7 Å². The van der Waals surface area contributed by atoms with E-state index in [9.17, 15) is 24.5 Å². The molecule has 1 aromatic heterocycles. The Morgan fingerprint density at radius 2 is 2.16 bits per heavy atom. The number of rotatable bonds is 7. The lowest BCUT2D eigenvalue weighted by molar-refractivity contribution is -0.765. The number of aliphatic hydroxyl groups excluding tert-OH is 2. The molecule has 2 unspecified atom stereocenters. The number of ether oxygens (including phenoxy) is 1. The molecule has 4 N–H and O–H groups in total. The van der Waals surface area contributed by atoms with Gasteiger partial charge < -0.3 is 34.6 Å². The fraction of sp³-hybridized carbons (Fsp3) is 0.571. The highest BCUT2D eigenvalue weighted by atomic mass is 31.2. The molecule has 11 heteroatoms. The molecule has 0 radical (unpaired) electrons. The van der Waals surface area contributed by atoms with Crippen LogP contribution in [0.1, 0.15) is 30.4 Å². The van der Waals surface area contributed by atoms with Crippen LogP contribution < -0.4 is 15.2 Å². The smallest absolute Gasteiger partial charge is 0.292 e. The fourth-order valence-electron chi connectivity index (χ4n) is 2.36. The molecule has 1 aromatic rings. The Kier molecular flexibility index (Phi) is 6.28. The number of carbonyl (C=O) groups is 1. The molecule has 140 valence electrons. The number of nitrogens with zero attached hydrogens (tertiary/aromatic N) is 1. The van der Waals surface area contributed by atoms with Gasteiger partial charge in [0.25, 0.3) is 20.0 Å². The molecule has 1 aliphatic rings. The standard InChI is InChI=1S/C14H21N2O8P/c1-8(2)24-25(20,21)22-7-10-11(17)12(18)14(23-10)16-5-3-4-9(6-16)13(15)19/h3-6,8,10-12,14,17-18H,7H2,1-2H3,(H2-,15,19,20,21)/t10-,11-,12-,14?/m1/s1. The van der Waals surface area contributed by atoms with Crippen LogP contribution in [0.4, 0.5) is 0 Å². The minimum atomic E-state index is -4.55. The van der Waals surface area contributed by atoms with Gasteiger partial charge in [-0.15, -0.1) is 0 Å². The van der Waals surface area contributed by atoms with E-state index in [-0.39, 0.29) is 5.56 Å². The van der Waals surface area contributed by atoms with E-state index in [2.05, 4.69) is 9.05 Å². The van der Waals surface area contributed by atoms with Crippen LogP contribution in [-0.4, -0.2) is 47.1 Å². The Morgan fingerprint density at radius 1 is 1.48 bits per heavy atom. The predicted octanol–water partition coefficient (Wildman–Crippen LogP) is -1.40. The Morgan fingerprint density at radius 3 is 2.76 bits per heavy atom. The zero-order chi connectivity index (χ0) is 18.8. The molecule has 5 atom stereocenters. The molecule has 0 aromatic carbocycles. The number of carbonyl (C=O) groups excluding carboxylic acids is 1. The second-order valence-electron chi connectivity index (χ2n) is 5.85. The fourth-order valence-corrected chi connectivity index (χ4v) is 3.27. The Hall–Kier alpha value is -1.39. The van der Waals surface area contributed by atoms with E-state index in [4.69, 9.17) is 10.5 Å². The van der Waals surface area contributed by atoms with E-state index < -0.39 is 51.0 Å². The van der Waals surface area contributed by atoms with Crippen molar-refractivity contribution in [3.8, 4) is 0 Å². The molecule has 1 saturated heterocycles. The molecular weight excluding hydrogens is 355 g/mol. The zero-order valence-electron chi connectivity index (χ0n) is 13.7. The van der Waals surface area contributed by atoms with Gasteiger partial charge in [0.1, 0.15) is 17.8 Å². The van der Waals surface area contributed by atoms with Gasteiger partial charge in [-0.1, -0.05) is 0 Å². The van der Waals surface area contributed by atoms with Crippen molar-refractivity contribution < 1.29 is 42.8 Å². The summed E-state index contributed by atoms with van der Waals surface area (Å²) in [5, 5.41) is 20.2. The van der Waals surface area contributed by atoms with Gasteiger partial charge in [0.05, 0.1) is 12.7 Å². The van der Waals surface area contributed by atoms with Crippen LogP contribution in [0.3, 0.4) is 0 Å². The summed E-state index contributed by atoms with van der Waals surface area (Å²) >= 11 is 0. The molecule has 2 heterocycles. The van der Waals surface area contributed by atoms with Crippen LogP contribution in [0.15, 0.2) is 24.5 Å². The molecule has 0 spiro atoms. The SMILES string of the molecule is CC(C)OP(=O)([O-])OC[C@H]1OC([n+]2cccc(C(N)=O)c2)[C@H](O)[C@@H]1O. The number of aliphatic hydroxyl groups is 2. The molecule has 25 heavy (non-hydrogen) atoms. The van der Waals surface area contributed by atoms with Crippen LogP contribution in [-0.2, 0) is 18.3 Å². The Labute approximate surface area is 144 Å². The van der Waals surface area contributed by atoms with E-state index in [0.717, 1.165) is 0 Å². The summed E-state index contributed by atoms with van der Waals surface area (Å²) in [6, 6.07) is 3.00. The first kappa shape index (κ1) is 19.9. The van der Waals surface area contributed by atoms with Crippen molar-refractivity contribution in [3.05, 3.63) is 30.1 Å². The van der Waals surface area contributed by atoms with Crippen molar-refractivity contribution in [2.45, 2.75) is 44.5 Å². The van der Waals surface area contributed by atoms with Crippen LogP contribution in [0, 0.1) is 0 Å². The summed E-state index contributed by atoms with van der Waals surface area (Å²) in [6.07, 6.45) is -2.64. The molecule has 0 aliphatic carbocycles.